The Balaban J connectivity index is 0.000000352. The smallest absolute Gasteiger partial charge is 0.286 e. The Morgan fingerprint density at radius 1 is 1.03 bits per heavy atom. The molecule has 0 saturated carbocycles. The van der Waals surface area contributed by atoms with Gasteiger partial charge in [-0.2, -0.15) is 0 Å². The van der Waals surface area contributed by atoms with E-state index in [4.69, 9.17) is 10.2 Å². The third-order valence-corrected chi connectivity index (χ3v) is 3.64. The number of ketones is 1. The third-order valence-electron chi connectivity index (χ3n) is 3.64. The first-order valence-electron chi connectivity index (χ1n) is 9.24. The molecule has 0 radical (unpaired) electrons. The molecule has 156 valence electrons. The number of benzene rings is 1. The van der Waals surface area contributed by atoms with Gasteiger partial charge in [0.2, 0.25) is 11.8 Å². The van der Waals surface area contributed by atoms with Crippen LogP contribution in [0.4, 0.5) is 0 Å². The van der Waals surface area contributed by atoms with Gasteiger partial charge >= 0.3 is 0 Å². The van der Waals surface area contributed by atoms with Crippen molar-refractivity contribution >= 4 is 23.5 Å². The summed E-state index contributed by atoms with van der Waals surface area (Å²) in [6.45, 7) is 3.90. The Labute approximate surface area is 169 Å². The monoisotopic (exact) mass is 401 g/mol. The summed E-state index contributed by atoms with van der Waals surface area (Å²) in [6, 6.07) is 12.0. The Morgan fingerprint density at radius 2 is 1.72 bits per heavy atom. The van der Waals surface area contributed by atoms with Crippen molar-refractivity contribution in [3.8, 4) is 0 Å². The standard InChI is InChI=1S/C14H18N2O3.C7H9NO2/c1-10(17)7-12(9-13(15)18)16-14(19)8-11-5-3-2-4-6-11;1-2-8-7(9)6-4-3-5-10-6/h2-6,12H,7-9H2,1H3,(H2,15,18)(H,16,19);3-5H,2H2,1H3,(H,8,9)/t12-;/m1./s1. The van der Waals surface area contributed by atoms with E-state index in [1.807, 2.05) is 37.3 Å². The summed E-state index contributed by atoms with van der Waals surface area (Å²) in [7, 11) is 0. The van der Waals surface area contributed by atoms with Gasteiger partial charge in [-0.1, -0.05) is 30.3 Å². The topological polar surface area (TPSA) is 132 Å². The van der Waals surface area contributed by atoms with Crippen molar-refractivity contribution in [1.29, 1.82) is 0 Å². The molecule has 1 atom stereocenters. The van der Waals surface area contributed by atoms with Gasteiger partial charge in [0.1, 0.15) is 5.78 Å². The van der Waals surface area contributed by atoms with E-state index in [9.17, 15) is 19.2 Å². The van der Waals surface area contributed by atoms with Crippen molar-refractivity contribution in [2.75, 3.05) is 6.54 Å². The van der Waals surface area contributed by atoms with E-state index >= 15 is 0 Å². The van der Waals surface area contributed by atoms with E-state index in [1.165, 1.54) is 13.2 Å². The van der Waals surface area contributed by atoms with Crippen LogP contribution in [0.1, 0.15) is 42.8 Å². The molecule has 0 spiro atoms. The Hall–Kier alpha value is -3.42. The lowest BCUT2D eigenvalue weighted by molar-refractivity contribution is -0.123. The maximum absolute atomic E-state index is 11.8. The first-order chi connectivity index (χ1) is 13.8. The summed E-state index contributed by atoms with van der Waals surface area (Å²) in [4.78, 5) is 44.7. The van der Waals surface area contributed by atoms with Gasteiger partial charge < -0.3 is 20.8 Å². The quantitative estimate of drug-likeness (QED) is 0.587. The van der Waals surface area contributed by atoms with Crippen molar-refractivity contribution in [3.63, 3.8) is 0 Å². The number of rotatable bonds is 9. The number of hydrogen-bond donors (Lipinski definition) is 3. The highest BCUT2D eigenvalue weighted by atomic mass is 16.3. The number of carbonyl (C=O) groups excluding carboxylic acids is 4. The molecule has 0 fully saturated rings. The van der Waals surface area contributed by atoms with E-state index in [0.717, 1.165) is 5.56 Å². The van der Waals surface area contributed by atoms with Crippen LogP contribution in [-0.2, 0) is 20.8 Å². The van der Waals surface area contributed by atoms with E-state index in [1.54, 1.807) is 12.1 Å². The first-order valence-corrected chi connectivity index (χ1v) is 9.24. The van der Waals surface area contributed by atoms with Crippen molar-refractivity contribution in [3.05, 3.63) is 60.1 Å². The first kappa shape index (κ1) is 23.6. The van der Waals surface area contributed by atoms with Gasteiger partial charge in [0.15, 0.2) is 5.76 Å². The molecule has 4 N–H and O–H groups in total. The molecule has 0 bridgehead atoms. The van der Waals surface area contributed by atoms with Crippen LogP contribution in [0.15, 0.2) is 53.1 Å². The summed E-state index contributed by atoms with van der Waals surface area (Å²) in [5, 5.41) is 5.28. The predicted molar refractivity (Wildman–Crippen MR) is 108 cm³/mol. The zero-order valence-electron chi connectivity index (χ0n) is 16.6. The second kappa shape index (κ2) is 12.9. The van der Waals surface area contributed by atoms with Gasteiger partial charge in [-0.25, -0.2) is 0 Å². The van der Waals surface area contributed by atoms with E-state index < -0.39 is 11.9 Å². The van der Waals surface area contributed by atoms with Crippen molar-refractivity contribution in [2.24, 2.45) is 5.73 Å². The maximum atomic E-state index is 11.8. The van der Waals surface area contributed by atoms with Crippen molar-refractivity contribution < 1.29 is 23.6 Å². The second-order valence-corrected chi connectivity index (χ2v) is 6.34. The zero-order valence-corrected chi connectivity index (χ0v) is 16.6. The minimum absolute atomic E-state index is 0.0277. The molecule has 3 amide bonds. The molecule has 2 aromatic rings. The molecule has 1 aromatic carbocycles. The number of primary amides is 1. The Morgan fingerprint density at radius 3 is 2.24 bits per heavy atom. The van der Waals surface area contributed by atoms with Gasteiger partial charge in [0, 0.05) is 25.4 Å². The molecule has 0 aliphatic heterocycles. The summed E-state index contributed by atoms with van der Waals surface area (Å²) in [6.07, 6.45) is 1.78. The number of nitrogens with one attached hydrogen (secondary N) is 2. The SMILES string of the molecule is CC(=O)C[C@H](CC(N)=O)NC(=O)Cc1ccccc1.CCNC(=O)c1ccco1. The molecular weight excluding hydrogens is 374 g/mol. The minimum Gasteiger partial charge on any atom is -0.459 e. The highest BCUT2D eigenvalue weighted by Crippen LogP contribution is 2.03. The normalized spacial score (nSPS) is 10.8. The summed E-state index contributed by atoms with van der Waals surface area (Å²) < 4.78 is 4.84. The molecule has 1 heterocycles. The molecule has 0 saturated heterocycles. The second-order valence-electron chi connectivity index (χ2n) is 6.34. The Bertz CT molecular complexity index is 772. The van der Waals surface area contributed by atoms with Crippen LogP contribution in [0.3, 0.4) is 0 Å². The van der Waals surface area contributed by atoms with Crippen LogP contribution >= 0.6 is 0 Å². The van der Waals surface area contributed by atoms with E-state index in [-0.39, 0.29) is 36.9 Å². The van der Waals surface area contributed by atoms with Crippen LogP contribution < -0.4 is 16.4 Å². The number of Topliss-reactive ketones (excluding diaryl/α,β-unsaturated/α-hetero) is 1. The van der Waals surface area contributed by atoms with E-state index in [2.05, 4.69) is 10.6 Å². The lowest BCUT2D eigenvalue weighted by Crippen LogP contribution is -2.39. The number of hydrogen-bond acceptors (Lipinski definition) is 5. The summed E-state index contributed by atoms with van der Waals surface area (Å²) >= 11 is 0. The summed E-state index contributed by atoms with van der Waals surface area (Å²) in [5.41, 5.74) is 5.97. The number of furan rings is 1. The lowest BCUT2D eigenvalue weighted by atomic mass is 10.1. The molecule has 0 aliphatic carbocycles. The Kier molecular flexibility index (Phi) is 10.5. The zero-order chi connectivity index (χ0) is 21.6. The third kappa shape index (κ3) is 10.5. The molecule has 8 heteroatoms. The number of amides is 3. The fraction of sp³-hybridized carbons (Fsp3) is 0.333. The van der Waals surface area contributed by atoms with Crippen LogP contribution in [0.2, 0.25) is 0 Å². The predicted octanol–water partition coefficient (Wildman–Crippen LogP) is 1.60. The fourth-order valence-corrected chi connectivity index (χ4v) is 2.48. The van der Waals surface area contributed by atoms with Gasteiger partial charge in [-0.15, -0.1) is 0 Å². The molecule has 29 heavy (non-hydrogen) atoms. The molecule has 2 rings (SSSR count). The molecule has 8 nitrogen and oxygen atoms in total. The lowest BCUT2D eigenvalue weighted by Gasteiger charge is -2.15. The minimum atomic E-state index is -0.536. The molecule has 0 aliphatic rings. The van der Waals surface area contributed by atoms with Gasteiger partial charge in [-0.05, 0) is 31.5 Å². The molecule has 0 unspecified atom stereocenters. The van der Waals surface area contributed by atoms with Crippen LogP contribution in [-0.4, -0.2) is 36.1 Å². The average Bonchev–Trinajstić information content (AvgIpc) is 3.17. The fourth-order valence-electron chi connectivity index (χ4n) is 2.48. The summed E-state index contributed by atoms with van der Waals surface area (Å²) in [5.74, 6) is -0.648. The van der Waals surface area contributed by atoms with Crippen molar-refractivity contribution in [2.45, 2.75) is 39.2 Å². The van der Waals surface area contributed by atoms with Crippen LogP contribution in [0.5, 0.6) is 0 Å². The molecule has 1 aromatic heterocycles. The van der Waals surface area contributed by atoms with Crippen LogP contribution in [0, 0.1) is 0 Å². The highest BCUT2D eigenvalue weighted by Gasteiger charge is 2.16. The van der Waals surface area contributed by atoms with Gasteiger partial charge in [0.05, 0.1) is 12.7 Å². The van der Waals surface area contributed by atoms with Gasteiger partial charge in [-0.3, -0.25) is 19.2 Å². The van der Waals surface area contributed by atoms with Gasteiger partial charge in [0.25, 0.3) is 5.91 Å². The average molecular weight is 401 g/mol. The largest absolute Gasteiger partial charge is 0.459 e. The van der Waals surface area contributed by atoms with Crippen molar-refractivity contribution in [1.82, 2.24) is 10.6 Å². The molecular formula is C21H27N3O5. The highest BCUT2D eigenvalue weighted by molar-refractivity contribution is 5.91. The van der Waals surface area contributed by atoms with Crippen LogP contribution in [0.25, 0.3) is 0 Å². The number of nitrogens with two attached hydrogens (primary N) is 1. The maximum Gasteiger partial charge on any atom is 0.286 e. The van der Waals surface area contributed by atoms with E-state index in [0.29, 0.717) is 12.3 Å². The number of carbonyl (C=O) groups is 4.